The highest BCUT2D eigenvalue weighted by atomic mass is 16.6. The molecule has 0 heterocycles. The maximum atomic E-state index is 11.8. The van der Waals surface area contributed by atoms with Gasteiger partial charge in [-0.1, -0.05) is 27.7 Å². The van der Waals surface area contributed by atoms with Crippen LogP contribution in [0.5, 0.6) is 0 Å². The number of carbonyl (C=O) groups is 1. The number of ether oxygens (including phenoxy) is 1. The summed E-state index contributed by atoms with van der Waals surface area (Å²) in [6.45, 7) is 15.5. The molecular weight excluding hydrogens is 276 g/mol. The molecule has 0 aromatic carbocycles. The molecule has 0 radical (unpaired) electrons. The Hall–Kier alpha value is -0.770. The minimum Gasteiger partial charge on any atom is -0.444 e. The molecule has 0 spiro atoms. The van der Waals surface area contributed by atoms with Gasteiger partial charge in [-0.25, -0.2) is 4.79 Å². The second-order valence-corrected chi connectivity index (χ2v) is 8.65. The van der Waals surface area contributed by atoms with E-state index >= 15 is 0 Å². The van der Waals surface area contributed by atoms with E-state index in [9.17, 15) is 4.79 Å². The van der Waals surface area contributed by atoms with Crippen molar-refractivity contribution >= 4 is 6.09 Å². The molecule has 1 rings (SSSR count). The van der Waals surface area contributed by atoms with E-state index in [4.69, 9.17) is 4.74 Å². The molecule has 4 heteroatoms. The van der Waals surface area contributed by atoms with Crippen LogP contribution in [0.1, 0.15) is 74.1 Å². The fraction of sp³-hybridized carbons (Fsp3) is 0.944. The van der Waals surface area contributed by atoms with Crippen LogP contribution in [0.2, 0.25) is 0 Å². The molecular formula is C18H36N2O2. The summed E-state index contributed by atoms with van der Waals surface area (Å²) in [4.78, 5) is 11.8. The number of alkyl carbamates (subject to hydrolysis) is 1. The summed E-state index contributed by atoms with van der Waals surface area (Å²) in [5.74, 6) is 0.680. The van der Waals surface area contributed by atoms with Gasteiger partial charge < -0.3 is 15.4 Å². The first-order valence-corrected chi connectivity index (χ1v) is 8.75. The summed E-state index contributed by atoms with van der Waals surface area (Å²) in [7, 11) is 0. The van der Waals surface area contributed by atoms with Crippen LogP contribution in [0.4, 0.5) is 4.79 Å². The maximum absolute atomic E-state index is 11.8. The molecule has 3 unspecified atom stereocenters. The predicted molar refractivity (Wildman–Crippen MR) is 92.0 cm³/mol. The first-order chi connectivity index (χ1) is 10.0. The van der Waals surface area contributed by atoms with Crippen LogP contribution in [-0.4, -0.2) is 30.3 Å². The van der Waals surface area contributed by atoms with Gasteiger partial charge in [0.15, 0.2) is 0 Å². The summed E-state index contributed by atoms with van der Waals surface area (Å²) >= 11 is 0. The summed E-state index contributed by atoms with van der Waals surface area (Å²) in [6.07, 6.45) is 4.43. The molecule has 1 amide bonds. The Bertz CT molecular complexity index is 361. The van der Waals surface area contributed by atoms with Crippen LogP contribution >= 0.6 is 0 Å². The first kappa shape index (κ1) is 19.3. The quantitative estimate of drug-likeness (QED) is 0.803. The zero-order valence-electron chi connectivity index (χ0n) is 15.6. The van der Waals surface area contributed by atoms with Gasteiger partial charge in [-0.15, -0.1) is 0 Å². The Morgan fingerprint density at radius 3 is 2.50 bits per heavy atom. The first-order valence-electron chi connectivity index (χ1n) is 8.75. The van der Waals surface area contributed by atoms with Crippen molar-refractivity contribution in [1.82, 2.24) is 10.6 Å². The Balaban J connectivity index is 2.41. The summed E-state index contributed by atoms with van der Waals surface area (Å²) in [6, 6.07) is 0.861. The number of nitrogens with one attached hydrogen (secondary N) is 2. The molecule has 0 aliphatic heterocycles. The molecule has 0 bridgehead atoms. The smallest absolute Gasteiger partial charge is 0.407 e. The highest BCUT2D eigenvalue weighted by Gasteiger charge is 2.33. The third-order valence-electron chi connectivity index (χ3n) is 4.53. The Morgan fingerprint density at radius 2 is 2.00 bits per heavy atom. The topological polar surface area (TPSA) is 50.4 Å². The number of hydrogen-bond donors (Lipinski definition) is 2. The van der Waals surface area contributed by atoms with Gasteiger partial charge in [0.05, 0.1) is 0 Å². The van der Waals surface area contributed by atoms with E-state index in [1.54, 1.807) is 0 Å². The highest BCUT2D eigenvalue weighted by Crippen LogP contribution is 2.38. The van der Waals surface area contributed by atoms with Crippen molar-refractivity contribution < 1.29 is 9.53 Å². The predicted octanol–water partition coefficient (Wildman–Crippen LogP) is 4.09. The molecule has 3 atom stereocenters. The van der Waals surface area contributed by atoms with Crippen molar-refractivity contribution in [2.75, 3.05) is 6.54 Å². The van der Waals surface area contributed by atoms with Gasteiger partial charge in [0.1, 0.15) is 5.60 Å². The normalized spacial score (nSPS) is 26.3. The number of rotatable bonds is 5. The summed E-state index contributed by atoms with van der Waals surface area (Å²) in [5.41, 5.74) is 0.0246. The SMILES string of the molecule is CCC(CNC(=O)OC(C)(C)C)NC1CCC(C)(C)CC1C. The maximum Gasteiger partial charge on any atom is 0.407 e. The highest BCUT2D eigenvalue weighted by molar-refractivity contribution is 5.67. The van der Waals surface area contributed by atoms with Crippen LogP contribution in [0.3, 0.4) is 0 Å². The van der Waals surface area contributed by atoms with E-state index in [1.807, 2.05) is 20.8 Å². The average Bonchev–Trinajstić information content (AvgIpc) is 2.34. The van der Waals surface area contributed by atoms with E-state index in [0.717, 1.165) is 6.42 Å². The van der Waals surface area contributed by atoms with Crippen LogP contribution in [0.25, 0.3) is 0 Å². The van der Waals surface area contributed by atoms with Gasteiger partial charge in [-0.2, -0.15) is 0 Å². The molecule has 2 N–H and O–H groups in total. The van der Waals surface area contributed by atoms with Crippen molar-refractivity contribution in [2.24, 2.45) is 11.3 Å². The molecule has 1 fully saturated rings. The molecule has 0 aromatic rings. The average molecular weight is 312 g/mol. The standard InChI is InChI=1S/C18H36N2O2/c1-8-14(12-19-16(21)22-17(3,4)5)20-15-9-10-18(6,7)11-13(15)2/h13-15,20H,8-12H2,1-7H3,(H,19,21). The lowest BCUT2D eigenvalue weighted by molar-refractivity contribution is 0.0518. The lowest BCUT2D eigenvalue weighted by Gasteiger charge is -2.41. The number of hydrogen-bond acceptors (Lipinski definition) is 3. The van der Waals surface area contributed by atoms with Crippen LogP contribution in [0.15, 0.2) is 0 Å². The Morgan fingerprint density at radius 1 is 1.36 bits per heavy atom. The van der Waals surface area contributed by atoms with E-state index in [-0.39, 0.29) is 6.09 Å². The second kappa shape index (κ2) is 7.67. The lowest BCUT2D eigenvalue weighted by atomic mass is 9.70. The molecule has 1 saturated carbocycles. The van der Waals surface area contributed by atoms with Gasteiger partial charge in [0, 0.05) is 18.6 Å². The Kier molecular flexibility index (Phi) is 6.72. The second-order valence-electron chi connectivity index (χ2n) is 8.65. The van der Waals surface area contributed by atoms with Crippen molar-refractivity contribution in [2.45, 2.75) is 91.8 Å². The number of carbonyl (C=O) groups excluding carboxylic acids is 1. The molecule has 4 nitrogen and oxygen atoms in total. The molecule has 130 valence electrons. The minimum atomic E-state index is -0.442. The molecule has 1 aliphatic carbocycles. The molecule has 0 aromatic heterocycles. The van der Waals surface area contributed by atoms with Crippen LogP contribution < -0.4 is 10.6 Å². The van der Waals surface area contributed by atoms with E-state index < -0.39 is 5.60 Å². The molecule has 22 heavy (non-hydrogen) atoms. The lowest BCUT2D eigenvalue weighted by Crippen LogP contribution is -2.50. The van der Waals surface area contributed by atoms with Crippen molar-refractivity contribution in [3.8, 4) is 0 Å². The van der Waals surface area contributed by atoms with Gasteiger partial charge >= 0.3 is 6.09 Å². The van der Waals surface area contributed by atoms with Crippen LogP contribution in [0, 0.1) is 11.3 Å². The van der Waals surface area contributed by atoms with Crippen LogP contribution in [-0.2, 0) is 4.74 Å². The zero-order valence-corrected chi connectivity index (χ0v) is 15.6. The monoisotopic (exact) mass is 312 g/mol. The number of amides is 1. The zero-order chi connectivity index (χ0) is 17.0. The largest absolute Gasteiger partial charge is 0.444 e. The van der Waals surface area contributed by atoms with Crippen molar-refractivity contribution in [3.05, 3.63) is 0 Å². The summed E-state index contributed by atoms with van der Waals surface area (Å²) < 4.78 is 5.29. The van der Waals surface area contributed by atoms with E-state index in [0.29, 0.717) is 30.0 Å². The van der Waals surface area contributed by atoms with Gasteiger partial charge in [-0.05, 0) is 57.8 Å². The van der Waals surface area contributed by atoms with Gasteiger partial charge in [0.25, 0.3) is 0 Å². The van der Waals surface area contributed by atoms with Crippen molar-refractivity contribution in [3.63, 3.8) is 0 Å². The molecule has 0 saturated heterocycles. The van der Waals surface area contributed by atoms with Crippen molar-refractivity contribution in [1.29, 1.82) is 0 Å². The fourth-order valence-electron chi connectivity index (χ4n) is 3.34. The Labute approximate surface area is 136 Å². The molecule has 1 aliphatic rings. The third-order valence-corrected chi connectivity index (χ3v) is 4.53. The van der Waals surface area contributed by atoms with Gasteiger partial charge in [0.2, 0.25) is 0 Å². The van der Waals surface area contributed by atoms with E-state index in [2.05, 4.69) is 38.3 Å². The summed E-state index contributed by atoms with van der Waals surface area (Å²) in [5, 5.41) is 6.63. The third kappa shape index (κ3) is 6.99. The fourth-order valence-corrected chi connectivity index (χ4v) is 3.34. The van der Waals surface area contributed by atoms with Gasteiger partial charge in [-0.3, -0.25) is 0 Å². The minimum absolute atomic E-state index is 0.307. The van der Waals surface area contributed by atoms with E-state index in [1.165, 1.54) is 19.3 Å².